The quantitative estimate of drug-likeness (QED) is 0.849. The number of furan rings is 1. The van der Waals surface area contributed by atoms with Gasteiger partial charge in [-0.25, -0.2) is 0 Å². The van der Waals surface area contributed by atoms with Crippen LogP contribution in [0, 0.1) is 13.8 Å². The molecule has 0 bridgehead atoms. The van der Waals surface area contributed by atoms with Gasteiger partial charge in [-0.3, -0.25) is 4.79 Å². The minimum Gasteiger partial charge on any atom is -0.464 e. The Hall–Kier alpha value is -1.56. The molecule has 0 saturated carbocycles. The van der Waals surface area contributed by atoms with Gasteiger partial charge in [0.2, 0.25) is 5.91 Å². The molecule has 3 rings (SSSR count). The third-order valence-corrected chi connectivity index (χ3v) is 5.01. The molecule has 2 heterocycles. The number of aryl methyl sites for hydroxylation is 2. The number of fused-ring (bicyclic) bond motifs is 1. The highest BCUT2D eigenvalue weighted by Crippen LogP contribution is 2.32. The first-order valence-electron chi connectivity index (χ1n) is 8.06. The van der Waals surface area contributed by atoms with E-state index in [1.165, 1.54) is 0 Å². The van der Waals surface area contributed by atoms with Gasteiger partial charge >= 0.3 is 0 Å². The number of likely N-dealkylation sites (N-methyl/N-ethyl adjacent to an activating group) is 1. The van der Waals surface area contributed by atoms with Crippen molar-refractivity contribution in [2.75, 3.05) is 33.4 Å². The maximum Gasteiger partial charge on any atom is 0.226 e. The van der Waals surface area contributed by atoms with Gasteiger partial charge in [0.25, 0.3) is 0 Å². The van der Waals surface area contributed by atoms with Crippen LogP contribution in [0.15, 0.2) is 16.7 Å². The van der Waals surface area contributed by atoms with E-state index in [4.69, 9.17) is 25.5 Å². The second-order valence-electron chi connectivity index (χ2n) is 6.29. The van der Waals surface area contributed by atoms with E-state index in [0.29, 0.717) is 26.4 Å². The van der Waals surface area contributed by atoms with Crippen LogP contribution < -0.4 is 0 Å². The fraction of sp³-hybridized carbons (Fsp3) is 0.500. The van der Waals surface area contributed by atoms with Crippen LogP contribution >= 0.6 is 11.6 Å². The van der Waals surface area contributed by atoms with Gasteiger partial charge in [0.15, 0.2) is 0 Å². The van der Waals surface area contributed by atoms with E-state index >= 15 is 0 Å². The standard InChI is InChI=1S/C18H22ClNO4/c1-11-6-15-17(12(2)18(11)19)13(9-24-15)7-16(21)20(3)8-14-10-22-4-5-23-14/h6,9,14H,4-5,7-8,10H2,1-3H3/t14-/m1/s1. The Morgan fingerprint density at radius 2 is 2.17 bits per heavy atom. The van der Waals surface area contributed by atoms with E-state index in [1.54, 1.807) is 18.2 Å². The summed E-state index contributed by atoms with van der Waals surface area (Å²) in [4.78, 5) is 14.2. The molecule has 0 unspecified atom stereocenters. The van der Waals surface area contributed by atoms with Crippen LogP contribution in [0.3, 0.4) is 0 Å². The molecule has 5 nitrogen and oxygen atoms in total. The van der Waals surface area contributed by atoms with Crippen molar-refractivity contribution in [3.05, 3.63) is 34.0 Å². The van der Waals surface area contributed by atoms with Crippen LogP contribution in [0.25, 0.3) is 11.0 Å². The molecular formula is C18H22ClNO4. The monoisotopic (exact) mass is 351 g/mol. The fourth-order valence-corrected chi connectivity index (χ4v) is 3.23. The fourth-order valence-electron chi connectivity index (χ4n) is 3.09. The van der Waals surface area contributed by atoms with Crippen molar-refractivity contribution in [1.29, 1.82) is 0 Å². The van der Waals surface area contributed by atoms with Crippen LogP contribution in [0.4, 0.5) is 0 Å². The Morgan fingerprint density at radius 3 is 2.88 bits per heavy atom. The predicted octanol–water partition coefficient (Wildman–Crippen LogP) is 3.12. The Morgan fingerprint density at radius 1 is 1.38 bits per heavy atom. The van der Waals surface area contributed by atoms with E-state index in [-0.39, 0.29) is 18.4 Å². The van der Waals surface area contributed by atoms with E-state index in [9.17, 15) is 4.79 Å². The highest BCUT2D eigenvalue weighted by Gasteiger charge is 2.21. The molecule has 6 heteroatoms. The van der Waals surface area contributed by atoms with E-state index in [1.807, 2.05) is 19.9 Å². The van der Waals surface area contributed by atoms with Gasteiger partial charge in [0, 0.05) is 29.6 Å². The minimum atomic E-state index is -0.0624. The Balaban J connectivity index is 1.74. The van der Waals surface area contributed by atoms with Crippen molar-refractivity contribution in [2.24, 2.45) is 0 Å². The van der Waals surface area contributed by atoms with Gasteiger partial charge in [0.05, 0.1) is 38.6 Å². The maximum absolute atomic E-state index is 12.5. The SMILES string of the molecule is Cc1cc2occ(CC(=O)N(C)C[C@@H]3COCCO3)c2c(C)c1Cl. The molecule has 0 spiro atoms. The van der Waals surface area contributed by atoms with Gasteiger partial charge in [0.1, 0.15) is 5.58 Å². The van der Waals surface area contributed by atoms with Crippen LogP contribution in [0.5, 0.6) is 0 Å². The number of hydrogen-bond donors (Lipinski definition) is 0. The number of carbonyl (C=O) groups excluding carboxylic acids is 1. The van der Waals surface area contributed by atoms with Crippen molar-refractivity contribution in [2.45, 2.75) is 26.4 Å². The second-order valence-corrected chi connectivity index (χ2v) is 6.66. The van der Waals surface area contributed by atoms with Crippen molar-refractivity contribution in [3.8, 4) is 0 Å². The summed E-state index contributed by atoms with van der Waals surface area (Å²) in [5, 5.41) is 1.66. The molecule has 1 amide bonds. The lowest BCUT2D eigenvalue weighted by atomic mass is 10.0. The lowest BCUT2D eigenvalue weighted by molar-refractivity contribution is -0.135. The first kappa shape index (κ1) is 17.3. The lowest BCUT2D eigenvalue weighted by Crippen LogP contribution is -2.41. The predicted molar refractivity (Wildman–Crippen MR) is 92.6 cm³/mol. The summed E-state index contributed by atoms with van der Waals surface area (Å²) in [5.41, 5.74) is 3.56. The molecule has 1 aromatic heterocycles. The number of benzene rings is 1. The number of amides is 1. The highest BCUT2D eigenvalue weighted by atomic mass is 35.5. The first-order valence-corrected chi connectivity index (χ1v) is 8.44. The third-order valence-electron chi connectivity index (χ3n) is 4.42. The molecule has 0 N–H and O–H groups in total. The average molecular weight is 352 g/mol. The number of nitrogens with zero attached hydrogens (tertiary/aromatic N) is 1. The molecule has 1 atom stereocenters. The van der Waals surface area contributed by atoms with E-state index < -0.39 is 0 Å². The van der Waals surface area contributed by atoms with Crippen molar-refractivity contribution in [3.63, 3.8) is 0 Å². The largest absolute Gasteiger partial charge is 0.464 e. The Kier molecular flexibility index (Phi) is 5.13. The van der Waals surface area contributed by atoms with Crippen molar-refractivity contribution >= 4 is 28.5 Å². The molecule has 1 fully saturated rings. The summed E-state index contributed by atoms with van der Waals surface area (Å²) < 4.78 is 16.6. The number of halogens is 1. The normalized spacial score (nSPS) is 18.1. The van der Waals surface area contributed by atoms with E-state index in [2.05, 4.69) is 0 Å². The molecule has 1 saturated heterocycles. The molecule has 2 aromatic rings. The zero-order valence-electron chi connectivity index (χ0n) is 14.2. The van der Waals surface area contributed by atoms with E-state index in [0.717, 1.165) is 32.7 Å². The van der Waals surface area contributed by atoms with Crippen LogP contribution in [0.2, 0.25) is 5.02 Å². The number of hydrogen-bond acceptors (Lipinski definition) is 4. The summed E-state index contributed by atoms with van der Waals surface area (Å²) in [6, 6.07) is 1.91. The second kappa shape index (κ2) is 7.13. The molecular weight excluding hydrogens is 330 g/mol. The van der Waals surface area contributed by atoms with Gasteiger partial charge in [-0.05, 0) is 31.0 Å². The van der Waals surface area contributed by atoms with Gasteiger partial charge in [-0.1, -0.05) is 11.6 Å². The molecule has 1 aromatic carbocycles. The topological polar surface area (TPSA) is 51.9 Å². The van der Waals surface area contributed by atoms with Crippen LogP contribution in [0.1, 0.15) is 16.7 Å². The summed E-state index contributed by atoms with van der Waals surface area (Å²) in [5.74, 6) is 0.0166. The molecule has 130 valence electrons. The number of ether oxygens (including phenoxy) is 2. The van der Waals surface area contributed by atoms with Gasteiger partial charge in [-0.15, -0.1) is 0 Å². The maximum atomic E-state index is 12.5. The molecule has 24 heavy (non-hydrogen) atoms. The van der Waals surface area contributed by atoms with Crippen LogP contribution in [-0.2, 0) is 20.7 Å². The smallest absolute Gasteiger partial charge is 0.226 e. The summed E-state index contributed by atoms with van der Waals surface area (Å²) >= 11 is 6.35. The zero-order valence-corrected chi connectivity index (χ0v) is 15.0. The summed E-state index contributed by atoms with van der Waals surface area (Å²) in [7, 11) is 1.78. The first-order chi connectivity index (χ1) is 11.5. The summed E-state index contributed by atoms with van der Waals surface area (Å²) in [6.45, 7) is 6.15. The molecule has 0 aliphatic carbocycles. The Labute approximate surface area is 146 Å². The van der Waals surface area contributed by atoms with Gasteiger partial charge < -0.3 is 18.8 Å². The third kappa shape index (κ3) is 3.43. The minimum absolute atomic E-state index is 0.0166. The number of carbonyl (C=O) groups is 1. The molecule has 0 radical (unpaired) electrons. The Bertz CT molecular complexity index is 749. The summed E-state index contributed by atoms with van der Waals surface area (Å²) in [6.07, 6.45) is 1.86. The van der Waals surface area contributed by atoms with Crippen molar-refractivity contribution in [1.82, 2.24) is 4.90 Å². The highest BCUT2D eigenvalue weighted by molar-refractivity contribution is 6.33. The molecule has 1 aliphatic rings. The molecule has 1 aliphatic heterocycles. The lowest BCUT2D eigenvalue weighted by Gasteiger charge is -2.27. The zero-order chi connectivity index (χ0) is 17.3. The average Bonchev–Trinajstić information content (AvgIpc) is 2.96. The van der Waals surface area contributed by atoms with Gasteiger partial charge in [-0.2, -0.15) is 0 Å². The number of rotatable bonds is 4. The van der Waals surface area contributed by atoms with Crippen molar-refractivity contribution < 1.29 is 18.7 Å². The van der Waals surface area contributed by atoms with Crippen LogP contribution in [-0.4, -0.2) is 50.3 Å².